The largest absolute Gasteiger partial charge is 0.383 e. The van der Waals surface area contributed by atoms with E-state index in [1.165, 1.54) is 0 Å². The zero-order valence-corrected chi connectivity index (χ0v) is 11.2. The Morgan fingerprint density at radius 3 is 1.71 bits per heavy atom. The molecule has 1 aliphatic rings. The van der Waals surface area contributed by atoms with E-state index in [9.17, 15) is 0 Å². The van der Waals surface area contributed by atoms with Crippen molar-refractivity contribution in [1.82, 2.24) is 10.6 Å². The minimum atomic E-state index is -0.374. The second kappa shape index (κ2) is 6.63. The number of methoxy groups -OCH3 is 4. The van der Waals surface area contributed by atoms with E-state index in [-0.39, 0.29) is 11.2 Å². The lowest BCUT2D eigenvalue weighted by Crippen LogP contribution is -2.61. The Morgan fingerprint density at radius 1 is 0.824 bits per heavy atom. The van der Waals surface area contributed by atoms with Crippen molar-refractivity contribution in [2.75, 3.05) is 61.4 Å². The van der Waals surface area contributed by atoms with Crippen LogP contribution in [0.25, 0.3) is 0 Å². The molecule has 1 aliphatic heterocycles. The van der Waals surface area contributed by atoms with Crippen LogP contribution in [0.3, 0.4) is 0 Å². The van der Waals surface area contributed by atoms with Gasteiger partial charge in [0.15, 0.2) is 0 Å². The Morgan fingerprint density at radius 2 is 1.29 bits per heavy atom. The van der Waals surface area contributed by atoms with E-state index < -0.39 is 0 Å². The summed E-state index contributed by atoms with van der Waals surface area (Å²) in [5, 5.41) is 6.92. The fourth-order valence-corrected chi connectivity index (χ4v) is 2.41. The molecule has 0 aromatic rings. The van der Waals surface area contributed by atoms with Gasteiger partial charge in [-0.1, -0.05) is 0 Å². The maximum absolute atomic E-state index is 5.27. The average molecular weight is 248 g/mol. The van der Waals surface area contributed by atoms with Crippen molar-refractivity contribution in [1.29, 1.82) is 0 Å². The first-order valence-electron chi connectivity index (χ1n) is 5.66. The van der Waals surface area contributed by atoms with Crippen molar-refractivity contribution >= 4 is 0 Å². The zero-order chi connectivity index (χ0) is 12.8. The normalized spacial score (nSPS) is 21.9. The molecule has 0 amide bonds. The van der Waals surface area contributed by atoms with E-state index in [1.807, 2.05) is 0 Å². The number of rotatable bonds is 8. The molecule has 1 fully saturated rings. The SMILES string of the molecule is COCC1(COC)CNC(COC)(COC)N1. The molecule has 0 unspecified atom stereocenters. The average Bonchev–Trinajstić information content (AvgIpc) is 2.60. The third-order valence-electron chi connectivity index (χ3n) is 2.89. The van der Waals surface area contributed by atoms with Crippen molar-refractivity contribution in [3.63, 3.8) is 0 Å². The van der Waals surface area contributed by atoms with Gasteiger partial charge in [0, 0.05) is 35.0 Å². The molecule has 1 saturated heterocycles. The highest BCUT2D eigenvalue weighted by molar-refractivity contribution is 5.06. The molecule has 0 aromatic heterocycles. The van der Waals surface area contributed by atoms with Gasteiger partial charge < -0.3 is 18.9 Å². The molecule has 0 aliphatic carbocycles. The third-order valence-corrected chi connectivity index (χ3v) is 2.89. The van der Waals surface area contributed by atoms with Crippen LogP contribution >= 0.6 is 0 Å². The lowest BCUT2D eigenvalue weighted by molar-refractivity contribution is 0.0105. The van der Waals surface area contributed by atoms with E-state index in [4.69, 9.17) is 18.9 Å². The van der Waals surface area contributed by atoms with Gasteiger partial charge in [0.05, 0.1) is 32.0 Å². The van der Waals surface area contributed by atoms with Crippen LogP contribution in [0.1, 0.15) is 0 Å². The fourth-order valence-electron chi connectivity index (χ4n) is 2.41. The van der Waals surface area contributed by atoms with Crippen LogP contribution in [0, 0.1) is 0 Å². The zero-order valence-electron chi connectivity index (χ0n) is 11.2. The van der Waals surface area contributed by atoms with Crippen LogP contribution in [-0.4, -0.2) is 72.6 Å². The molecule has 0 spiro atoms. The van der Waals surface area contributed by atoms with E-state index in [1.54, 1.807) is 28.4 Å². The first-order chi connectivity index (χ1) is 8.16. The quantitative estimate of drug-likeness (QED) is 0.586. The summed E-state index contributed by atoms with van der Waals surface area (Å²) in [7, 11) is 6.72. The Hall–Kier alpha value is -0.240. The molecule has 6 nitrogen and oxygen atoms in total. The third kappa shape index (κ3) is 3.61. The summed E-state index contributed by atoms with van der Waals surface area (Å²) in [6.07, 6.45) is 0. The molecule has 102 valence electrons. The van der Waals surface area contributed by atoms with Gasteiger partial charge in [0.2, 0.25) is 0 Å². The molecule has 1 heterocycles. The van der Waals surface area contributed by atoms with Crippen molar-refractivity contribution in [3.05, 3.63) is 0 Å². The summed E-state index contributed by atoms with van der Waals surface area (Å²) in [4.78, 5) is 0. The lowest BCUT2D eigenvalue weighted by atomic mass is 10.0. The van der Waals surface area contributed by atoms with Gasteiger partial charge >= 0.3 is 0 Å². The summed E-state index contributed by atoms with van der Waals surface area (Å²) in [5.74, 6) is 0. The molecule has 0 aromatic carbocycles. The van der Waals surface area contributed by atoms with Gasteiger partial charge in [-0.05, 0) is 0 Å². The van der Waals surface area contributed by atoms with Crippen LogP contribution in [0.5, 0.6) is 0 Å². The fraction of sp³-hybridized carbons (Fsp3) is 1.00. The Labute approximate surface area is 103 Å². The molecule has 0 bridgehead atoms. The predicted molar refractivity (Wildman–Crippen MR) is 64.1 cm³/mol. The molecule has 1 rings (SSSR count). The summed E-state index contributed by atoms with van der Waals surface area (Å²) >= 11 is 0. The van der Waals surface area contributed by atoms with Crippen LogP contribution in [-0.2, 0) is 18.9 Å². The second-order valence-electron chi connectivity index (χ2n) is 4.57. The summed E-state index contributed by atoms with van der Waals surface area (Å²) < 4.78 is 21.0. The minimum Gasteiger partial charge on any atom is -0.383 e. The van der Waals surface area contributed by atoms with Gasteiger partial charge in [-0.2, -0.15) is 0 Å². The Kier molecular flexibility index (Phi) is 5.78. The van der Waals surface area contributed by atoms with Crippen molar-refractivity contribution in [2.45, 2.75) is 11.2 Å². The van der Waals surface area contributed by atoms with Crippen molar-refractivity contribution in [3.8, 4) is 0 Å². The first kappa shape index (κ1) is 14.8. The number of hydrogen-bond acceptors (Lipinski definition) is 6. The highest BCUT2D eigenvalue weighted by Crippen LogP contribution is 2.20. The van der Waals surface area contributed by atoms with E-state index in [2.05, 4.69) is 10.6 Å². The maximum atomic E-state index is 5.27. The van der Waals surface area contributed by atoms with E-state index in [0.29, 0.717) is 26.4 Å². The molecule has 0 saturated carbocycles. The van der Waals surface area contributed by atoms with Crippen LogP contribution < -0.4 is 10.6 Å². The van der Waals surface area contributed by atoms with Crippen LogP contribution in [0.15, 0.2) is 0 Å². The number of hydrogen-bond donors (Lipinski definition) is 2. The van der Waals surface area contributed by atoms with Gasteiger partial charge in [-0.3, -0.25) is 10.6 Å². The second-order valence-corrected chi connectivity index (χ2v) is 4.57. The molecule has 0 radical (unpaired) electrons. The van der Waals surface area contributed by atoms with Crippen LogP contribution in [0.2, 0.25) is 0 Å². The van der Waals surface area contributed by atoms with Crippen molar-refractivity contribution < 1.29 is 18.9 Å². The highest BCUT2D eigenvalue weighted by atomic mass is 16.5. The standard InChI is InChI=1S/C11H24N2O4/c1-14-6-10(7-15-2)5-12-11(13-10,8-16-3)9-17-4/h12-13H,5-9H2,1-4H3. The molecular formula is C11H24N2O4. The van der Waals surface area contributed by atoms with Gasteiger partial charge in [-0.15, -0.1) is 0 Å². The van der Waals surface area contributed by atoms with Gasteiger partial charge in [-0.25, -0.2) is 0 Å². The maximum Gasteiger partial charge on any atom is 0.117 e. The molecule has 0 atom stereocenters. The predicted octanol–water partition coefficient (Wildman–Crippen LogP) is -0.800. The Balaban J connectivity index is 2.72. The Bertz CT molecular complexity index is 192. The van der Waals surface area contributed by atoms with Gasteiger partial charge in [0.1, 0.15) is 5.66 Å². The van der Waals surface area contributed by atoms with Crippen LogP contribution in [0.4, 0.5) is 0 Å². The molecule has 6 heteroatoms. The van der Waals surface area contributed by atoms with Gasteiger partial charge in [0.25, 0.3) is 0 Å². The summed E-state index contributed by atoms with van der Waals surface area (Å²) in [6, 6.07) is 0. The lowest BCUT2D eigenvalue weighted by Gasteiger charge is -2.33. The van der Waals surface area contributed by atoms with E-state index >= 15 is 0 Å². The molecular weight excluding hydrogens is 224 g/mol. The molecule has 2 N–H and O–H groups in total. The van der Waals surface area contributed by atoms with E-state index in [0.717, 1.165) is 6.54 Å². The smallest absolute Gasteiger partial charge is 0.117 e. The highest BCUT2D eigenvalue weighted by Gasteiger charge is 2.47. The summed E-state index contributed by atoms with van der Waals surface area (Å²) in [5.41, 5.74) is -0.610. The number of ether oxygens (including phenoxy) is 4. The minimum absolute atomic E-state index is 0.236. The first-order valence-corrected chi connectivity index (χ1v) is 5.66. The number of nitrogens with one attached hydrogen (secondary N) is 2. The topological polar surface area (TPSA) is 61.0 Å². The van der Waals surface area contributed by atoms with Crippen molar-refractivity contribution in [2.24, 2.45) is 0 Å². The molecule has 17 heavy (non-hydrogen) atoms. The monoisotopic (exact) mass is 248 g/mol. The summed E-state index contributed by atoms with van der Waals surface area (Å²) in [6.45, 7) is 2.94.